The van der Waals surface area contributed by atoms with E-state index >= 15 is 0 Å². The second-order valence-electron chi connectivity index (χ2n) is 19.9. The molecule has 0 heterocycles. The lowest BCUT2D eigenvalue weighted by Gasteiger charge is -2.26. The van der Waals surface area contributed by atoms with Gasteiger partial charge < -0.3 is 19.8 Å². The second-order valence-corrected chi connectivity index (χ2v) is 21.4. The molecule has 3 N–H and O–H groups in total. The number of hydrogen-bond acceptors (Lipinski definition) is 5. The van der Waals surface area contributed by atoms with Crippen molar-refractivity contribution in [1.29, 1.82) is 0 Å². The summed E-state index contributed by atoms with van der Waals surface area (Å²) in [5, 5.41) is 14.0. The molecule has 0 aromatic heterocycles. The molecule has 0 radical (unpaired) electrons. The number of hydrogen-bond donors (Lipinski definition) is 3. The van der Waals surface area contributed by atoms with Crippen LogP contribution >= 0.6 is 7.82 Å². The molecule has 3 unspecified atom stereocenters. The SMILES string of the molecule is CC/C=C\C/C=C\C/C=C\C/C=C\C/C=C\C/C=C\C/C=C\C/C=C\C/C=C\C/C=C\C/C=C\CCCCCC(=O)NC(COP(=O)(O)OCC[N+](C)(C)C)C(O)CCCCCCCCCCCCCCC. The first-order valence-corrected chi connectivity index (χ1v) is 30.0. The van der Waals surface area contributed by atoms with Gasteiger partial charge in [0.2, 0.25) is 5.91 Å². The number of unbranched alkanes of at least 4 members (excludes halogenated alkanes) is 15. The van der Waals surface area contributed by atoms with Crippen molar-refractivity contribution in [1.82, 2.24) is 5.32 Å². The summed E-state index contributed by atoms with van der Waals surface area (Å²) in [6, 6.07) is -0.788. The van der Waals surface area contributed by atoms with Crippen LogP contribution in [0.25, 0.3) is 0 Å². The van der Waals surface area contributed by atoms with Gasteiger partial charge in [0.25, 0.3) is 0 Å². The minimum absolute atomic E-state index is 0.0606. The third-order valence-corrected chi connectivity index (χ3v) is 12.9. The number of likely N-dealkylation sites (N-methyl/N-ethyl adjacent to an activating group) is 1. The minimum Gasteiger partial charge on any atom is -0.391 e. The van der Waals surface area contributed by atoms with Gasteiger partial charge in [-0.3, -0.25) is 13.8 Å². The van der Waals surface area contributed by atoms with Crippen LogP contribution in [-0.2, 0) is 18.4 Å². The minimum atomic E-state index is -4.34. The first-order valence-electron chi connectivity index (χ1n) is 28.5. The van der Waals surface area contributed by atoms with Crippen LogP contribution in [0.2, 0.25) is 0 Å². The summed E-state index contributed by atoms with van der Waals surface area (Å²) in [6.45, 7) is 4.72. The van der Waals surface area contributed by atoms with Gasteiger partial charge in [0, 0.05) is 6.42 Å². The number of carbonyl (C=O) groups excluding carboxylic acids is 1. The Morgan fingerprint density at radius 2 is 0.833 bits per heavy atom. The molecule has 410 valence electrons. The van der Waals surface area contributed by atoms with E-state index in [0.717, 1.165) is 116 Å². The molecular formula is C63H108N2O6P+. The zero-order valence-electron chi connectivity index (χ0n) is 46.6. The highest BCUT2D eigenvalue weighted by molar-refractivity contribution is 7.47. The molecule has 0 aromatic carbocycles. The highest BCUT2D eigenvalue weighted by Gasteiger charge is 2.28. The van der Waals surface area contributed by atoms with Crippen LogP contribution in [0.5, 0.6) is 0 Å². The van der Waals surface area contributed by atoms with Crippen LogP contribution in [0.1, 0.15) is 206 Å². The quantitative estimate of drug-likeness (QED) is 0.0243. The molecule has 3 atom stereocenters. The molecule has 0 saturated heterocycles. The maximum atomic E-state index is 13.0. The van der Waals surface area contributed by atoms with Crippen LogP contribution in [0.15, 0.2) is 134 Å². The molecule has 0 bridgehead atoms. The van der Waals surface area contributed by atoms with Crippen molar-refractivity contribution in [3.05, 3.63) is 134 Å². The standard InChI is InChI=1S/C63H107N2O6P/c1-6-8-10-12-14-16-18-20-21-22-23-24-25-26-27-28-29-30-31-32-33-34-35-36-37-38-39-40-41-42-43-45-47-49-51-53-55-57-63(67)64-61(60-71-72(68,69)70-59-58-65(3,4)5)62(66)56-54-52-50-48-46-44-19-17-15-13-11-9-7-2/h8,10,14,16,20-21,23-24,26-27,29-30,32-33,35-36,38-39,41-42,45,47,61-62,66H,6-7,9,11-13,15,17-19,22,25,28,31,34,37,40,43-44,46,48-60H2,1-5H3,(H-,64,67,68,69)/p+1/b10-8-,16-14-,21-20-,24-23-,27-26-,30-29-,33-32-,36-35-,39-38-,42-41-,47-45-. The largest absolute Gasteiger partial charge is 0.472 e. The molecule has 0 aromatic rings. The Labute approximate surface area is 443 Å². The number of nitrogens with zero attached hydrogens (tertiary/aromatic N) is 1. The average Bonchev–Trinajstić information content (AvgIpc) is 3.34. The van der Waals surface area contributed by atoms with Crippen molar-refractivity contribution in [3.8, 4) is 0 Å². The van der Waals surface area contributed by atoms with Crippen LogP contribution in [0.4, 0.5) is 0 Å². The summed E-state index contributed by atoms with van der Waals surface area (Å²) < 4.78 is 23.7. The summed E-state index contributed by atoms with van der Waals surface area (Å²) in [7, 11) is 1.57. The first kappa shape index (κ1) is 68.6. The Bertz CT molecular complexity index is 1630. The van der Waals surface area contributed by atoms with E-state index in [2.05, 4.69) is 153 Å². The van der Waals surface area contributed by atoms with E-state index in [0.29, 0.717) is 23.9 Å². The van der Waals surface area contributed by atoms with Gasteiger partial charge in [-0.15, -0.1) is 0 Å². The molecule has 8 nitrogen and oxygen atoms in total. The molecule has 0 aliphatic carbocycles. The molecular weight excluding hydrogens is 912 g/mol. The van der Waals surface area contributed by atoms with Crippen LogP contribution < -0.4 is 5.32 Å². The van der Waals surface area contributed by atoms with Gasteiger partial charge in [0.05, 0.1) is 39.9 Å². The van der Waals surface area contributed by atoms with E-state index in [1.54, 1.807) is 0 Å². The molecule has 0 aliphatic rings. The number of quaternary nitrogens is 1. The van der Waals surface area contributed by atoms with Gasteiger partial charge in [-0.05, 0) is 96.3 Å². The average molecular weight is 1020 g/mol. The van der Waals surface area contributed by atoms with Gasteiger partial charge in [-0.2, -0.15) is 0 Å². The lowest BCUT2D eigenvalue weighted by Crippen LogP contribution is -2.46. The number of aliphatic hydroxyl groups is 1. The summed E-state index contributed by atoms with van der Waals surface area (Å²) in [5.41, 5.74) is 0. The highest BCUT2D eigenvalue weighted by atomic mass is 31.2. The smallest absolute Gasteiger partial charge is 0.391 e. The molecule has 0 spiro atoms. The normalized spacial score (nSPS) is 14.9. The molecule has 1 amide bonds. The van der Waals surface area contributed by atoms with Crippen LogP contribution in [0.3, 0.4) is 0 Å². The summed E-state index contributed by atoms with van der Waals surface area (Å²) in [4.78, 5) is 23.3. The third-order valence-electron chi connectivity index (χ3n) is 11.9. The van der Waals surface area contributed by atoms with Crippen molar-refractivity contribution in [2.45, 2.75) is 219 Å². The van der Waals surface area contributed by atoms with E-state index < -0.39 is 20.0 Å². The number of phosphoric ester groups is 1. The fourth-order valence-electron chi connectivity index (χ4n) is 7.46. The maximum Gasteiger partial charge on any atom is 0.472 e. The zero-order chi connectivity index (χ0) is 52.7. The van der Waals surface area contributed by atoms with Crippen molar-refractivity contribution in [3.63, 3.8) is 0 Å². The Kier molecular flexibility index (Phi) is 50.1. The van der Waals surface area contributed by atoms with E-state index in [4.69, 9.17) is 9.05 Å². The molecule has 0 saturated carbocycles. The highest BCUT2D eigenvalue weighted by Crippen LogP contribution is 2.43. The Balaban J connectivity index is 4.23. The predicted octanol–water partition coefficient (Wildman–Crippen LogP) is 17.5. The Hall–Kier alpha value is -3.36. The third kappa shape index (κ3) is 54.4. The van der Waals surface area contributed by atoms with E-state index in [1.165, 1.54) is 64.2 Å². The lowest BCUT2D eigenvalue weighted by molar-refractivity contribution is -0.870. The number of allylic oxidation sites excluding steroid dienone is 22. The number of aliphatic hydroxyl groups excluding tert-OH is 1. The molecule has 72 heavy (non-hydrogen) atoms. The van der Waals surface area contributed by atoms with Crippen molar-refractivity contribution < 1.29 is 32.9 Å². The first-order chi connectivity index (χ1) is 35.0. The zero-order valence-corrected chi connectivity index (χ0v) is 47.5. The fourth-order valence-corrected chi connectivity index (χ4v) is 8.20. The number of phosphoric acid groups is 1. The van der Waals surface area contributed by atoms with Crippen molar-refractivity contribution in [2.24, 2.45) is 0 Å². The summed E-state index contributed by atoms with van der Waals surface area (Å²) >= 11 is 0. The number of nitrogens with one attached hydrogen (secondary N) is 1. The fraction of sp³-hybridized carbons (Fsp3) is 0.635. The van der Waals surface area contributed by atoms with Gasteiger partial charge in [-0.25, -0.2) is 4.57 Å². The Morgan fingerprint density at radius 3 is 1.21 bits per heavy atom. The monoisotopic (exact) mass is 1020 g/mol. The van der Waals surface area contributed by atoms with E-state index in [1.807, 2.05) is 21.1 Å². The summed E-state index contributed by atoms with van der Waals surface area (Å²) in [5.74, 6) is -0.182. The summed E-state index contributed by atoms with van der Waals surface area (Å²) in [6.07, 6.45) is 79.4. The van der Waals surface area contributed by atoms with Gasteiger partial charge >= 0.3 is 7.82 Å². The molecule has 0 fully saturated rings. The second kappa shape index (κ2) is 52.5. The molecule has 0 rings (SSSR count). The topological polar surface area (TPSA) is 105 Å². The molecule has 0 aliphatic heterocycles. The number of carbonyl (C=O) groups is 1. The van der Waals surface area contributed by atoms with E-state index in [9.17, 15) is 19.4 Å². The van der Waals surface area contributed by atoms with Crippen molar-refractivity contribution in [2.75, 3.05) is 40.9 Å². The van der Waals surface area contributed by atoms with Gasteiger partial charge in [0.1, 0.15) is 13.2 Å². The number of rotatable bonds is 50. The maximum absolute atomic E-state index is 13.0. The van der Waals surface area contributed by atoms with Gasteiger partial charge in [-0.1, -0.05) is 237 Å². The predicted molar refractivity (Wildman–Crippen MR) is 313 cm³/mol. The van der Waals surface area contributed by atoms with Gasteiger partial charge in [0.15, 0.2) is 0 Å². The van der Waals surface area contributed by atoms with Crippen molar-refractivity contribution >= 4 is 13.7 Å². The van der Waals surface area contributed by atoms with Crippen LogP contribution in [-0.4, -0.2) is 73.4 Å². The lowest BCUT2D eigenvalue weighted by atomic mass is 10.0. The Morgan fingerprint density at radius 1 is 0.486 bits per heavy atom. The number of amides is 1. The van der Waals surface area contributed by atoms with Crippen LogP contribution in [0, 0.1) is 0 Å². The van der Waals surface area contributed by atoms with E-state index in [-0.39, 0.29) is 19.1 Å². The molecule has 9 heteroatoms.